The Bertz CT molecular complexity index is 3850. The summed E-state index contributed by atoms with van der Waals surface area (Å²) in [5, 5.41) is 4.91. The van der Waals surface area contributed by atoms with E-state index in [0.29, 0.717) is 0 Å². The fourth-order valence-electron chi connectivity index (χ4n) is 12.1. The quantitative estimate of drug-likeness (QED) is 0.162. The minimum absolute atomic E-state index is 0.401. The molecule has 14 rings (SSSR count). The van der Waals surface area contributed by atoms with E-state index in [-0.39, 0.29) is 0 Å². The number of fused-ring (bicyclic) bond motifs is 13. The second kappa shape index (κ2) is 14.8. The molecule has 0 fully saturated rings. The highest BCUT2D eigenvalue weighted by atomic mass is 15.1. The van der Waals surface area contributed by atoms with E-state index in [1.54, 1.807) is 0 Å². The van der Waals surface area contributed by atoms with Gasteiger partial charge in [0.15, 0.2) is 0 Å². The van der Waals surface area contributed by atoms with Gasteiger partial charge in [-0.1, -0.05) is 182 Å². The molecule has 3 aliphatic carbocycles. The first-order valence-electron chi connectivity index (χ1n) is 23.6. The molecule has 0 saturated carbocycles. The summed E-state index contributed by atoms with van der Waals surface area (Å²) >= 11 is 0. The van der Waals surface area contributed by atoms with Crippen LogP contribution in [0.3, 0.4) is 0 Å². The van der Waals surface area contributed by atoms with Crippen LogP contribution >= 0.6 is 0 Å². The van der Waals surface area contributed by atoms with E-state index >= 15 is 0 Å². The molecule has 2 heteroatoms. The third-order valence-electron chi connectivity index (χ3n) is 14.9. The summed E-state index contributed by atoms with van der Waals surface area (Å²) in [5.41, 5.74) is 22.5. The minimum atomic E-state index is -0.401. The normalized spacial score (nSPS) is 15.6. The molecule has 314 valence electrons. The molecule has 0 saturated heterocycles. The molecule has 0 aliphatic heterocycles. The molecule has 10 aromatic carbocycles. The highest BCUT2D eigenvalue weighted by Gasteiger charge is 2.52. The molecule has 1 atom stereocenters. The zero-order valence-electron chi connectivity index (χ0n) is 36.9. The zero-order valence-corrected chi connectivity index (χ0v) is 36.9. The van der Waals surface area contributed by atoms with E-state index in [1.807, 2.05) is 0 Å². The van der Waals surface area contributed by atoms with Crippen molar-refractivity contribution in [3.05, 3.63) is 271 Å². The Labute approximate surface area is 390 Å². The third-order valence-corrected chi connectivity index (χ3v) is 14.9. The lowest BCUT2D eigenvalue weighted by Gasteiger charge is -2.34. The molecule has 0 bridgehead atoms. The highest BCUT2D eigenvalue weighted by Crippen LogP contribution is 2.64. The first kappa shape index (κ1) is 37.9. The van der Waals surface area contributed by atoms with Crippen LogP contribution in [0.5, 0.6) is 0 Å². The van der Waals surface area contributed by atoms with Crippen LogP contribution in [-0.2, 0) is 5.41 Å². The van der Waals surface area contributed by atoms with E-state index in [9.17, 15) is 0 Å². The predicted molar refractivity (Wildman–Crippen MR) is 281 cm³/mol. The minimum Gasteiger partial charge on any atom is -0.310 e. The smallest absolute Gasteiger partial charge is 0.0722 e. The number of para-hydroxylation sites is 2. The van der Waals surface area contributed by atoms with Gasteiger partial charge in [0, 0.05) is 33.2 Å². The lowest BCUT2D eigenvalue weighted by molar-refractivity contribution is 0.780. The van der Waals surface area contributed by atoms with Gasteiger partial charge in [-0.05, 0) is 146 Å². The summed E-state index contributed by atoms with van der Waals surface area (Å²) in [4.78, 5) is 2.50. The van der Waals surface area contributed by atoms with Crippen LogP contribution in [0, 0.1) is 0 Å². The number of hydrogen-bond acceptors (Lipinski definition) is 1. The van der Waals surface area contributed by atoms with Crippen molar-refractivity contribution in [2.75, 3.05) is 4.90 Å². The van der Waals surface area contributed by atoms with Crippen LogP contribution in [0.4, 0.5) is 17.1 Å². The van der Waals surface area contributed by atoms with Gasteiger partial charge in [-0.3, -0.25) is 0 Å². The van der Waals surface area contributed by atoms with Crippen LogP contribution in [0.25, 0.3) is 77.2 Å². The Balaban J connectivity index is 0.982. The van der Waals surface area contributed by atoms with Gasteiger partial charge in [0.2, 0.25) is 0 Å². The summed E-state index contributed by atoms with van der Waals surface area (Å²) in [6, 6.07) is 85.7. The van der Waals surface area contributed by atoms with Crippen molar-refractivity contribution < 1.29 is 0 Å². The standard InChI is InChI=1S/C65H44N2/c1-3-17-43(18-4-1)44-31-34-47(35-32-44)66(48-36-37-54-53-24-11-15-29-60(53)65(61(54)42-48)58-27-13-9-22-51(58)52-23-10-14-28-59(52)65)63-40-38-49(50-21-7-8-25-55(50)63)45-33-39-64-57(41-45)56-26-12-16-30-62(56)67(64)46-19-5-2-6-20-46/h1-9,11-22,24-42H,10,23H2. The summed E-state index contributed by atoms with van der Waals surface area (Å²) in [6.07, 6.45) is 6.96. The Morgan fingerprint density at radius 1 is 0.388 bits per heavy atom. The number of rotatable bonds is 6. The lowest BCUT2D eigenvalue weighted by atomic mass is 9.69. The molecule has 1 heterocycles. The van der Waals surface area contributed by atoms with E-state index in [1.165, 1.54) is 105 Å². The largest absolute Gasteiger partial charge is 0.310 e. The van der Waals surface area contributed by atoms with Crippen LogP contribution in [0.15, 0.2) is 248 Å². The number of anilines is 3. The molecular formula is C65H44N2. The highest BCUT2D eigenvalue weighted by molar-refractivity contribution is 6.13. The van der Waals surface area contributed by atoms with E-state index in [2.05, 4.69) is 252 Å². The molecule has 1 aromatic heterocycles. The summed E-state index contributed by atoms with van der Waals surface area (Å²) in [5.74, 6) is 0. The van der Waals surface area contributed by atoms with Crippen LogP contribution in [-0.4, -0.2) is 4.57 Å². The summed E-state index contributed by atoms with van der Waals surface area (Å²) in [7, 11) is 0. The van der Waals surface area contributed by atoms with Crippen molar-refractivity contribution >= 4 is 55.2 Å². The Morgan fingerprint density at radius 2 is 0.985 bits per heavy atom. The molecule has 0 N–H and O–H groups in total. The number of allylic oxidation sites excluding steroid dienone is 4. The molecule has 67 heavy (non-hydrogen) atoms. The average molecular weight is 853 g/mol. The summed E-state index contributed by atoms with van der Waals surface area (Å²) in [6.45, 7) is 0. The zero-order chi connectivity index (χ0) is 44.1. The van der Waals surface area contributed by atoms with Crippen molar-refractivity contribution in [3.8, 4) is 39.1 Å². The van der Waals surface area contributed by atoms with Gasteiger partial charge in [-0.15, -0.1) is 0 Å². The maximum atomic E-state index is 2.52. The van der Waals surface area contributed by atoms with Crippen molar-refractivity contribution in [1.82, 2.24) is 4.57 Å². The van der Waals surface area contributed by atoms with Crippen molar-refractivity contribution in [2.24, 2.45) is 0 Å². The first-order valence-corrected chi connectivity index (χ1v) is 23.6. The molecule has 0 amide bonds. The number of hydrogen-bond donors (Lipinski definition) is 0. The van der Waals surface area contributed by atoms with Crippen molar-refractivity contribution in [2.45, 2.75) is 18.3 Å². The molecule has 11 aromatic rings. The first-order chi connectivity index (χ1) is 33.3. The van der Waals surface area contributed by atoms with Gasteiger partial charge in [0.25, 0.3) is 0 Å². The second-order valence-corrected chi connectivity index (χ2v) is 18.3. The van der Waals surface area contributed by atoms with Gasteiger partial charge in [-0.25, -0.2) is 0 Å². The number of nitrogens with zero attached hydrogens (tertiary/aromatic N) is 2. The average Bonchev–Trinajstić information content (AvgIpc) is 4.01. The van der Waals surface area contributed by atoms with E-state index < -0.39 is 5.41 Å². The topological polar surface area (TPSA) is 8.17 Å². The molecule has 2 nitrogen and oxygen atoms in total. The molecule has 3 aliphatic rings. The van der Waals surface area contributed by atoms with E-state index in [4.69, 9.17) is 0 Å². The van der Waals surface area contributed by atoms with Crippen LogP contribution in [0.2, 0.25) is 0 Å². The monoisotopic (exact) mass is 852 g/mol. The fraction of sp³-hybridized carbons (Fsp3) is 0.0462. The number of benzene rings is 10. The maximum Gasteiger partial charge on any atom is 0.0722 e. The molecule has 1 unspecified atom stereocenters. The molecular weight excluding hydrogens is 809 g/mol. The Hall–Kier alpha value is -8.46. The Morgan fingerprint density at radius 3 is 1.81 bits per heavy atom. The van der Waals surface area contributed by atoms with Gasteiger partial charge < -0.3 is 9.47 Å². The number of aromatic nitrogens is 1. The fourth-order valence-corrected chi connectivity index (χ4v) is 12.1. The van der Waals surface area contributed by atoms with Gasteiger partial charge >= 0.3 is 0 Å². The predicted octanol–water partition coefficient (Wildman–Crippen LogP) is 17.2. The van der Waals surface area contributed by atoms with E-state index in [0.717, 1.165) is 29.9 Å². The van der Waals surface area contributed by atoms with Gasteiger partial charge in [0.05, 0.1) is 22.1 Å². The van der Waals surface area contributed by atoms with Gasteiger partial charge in [-0.2, -0.15) is 0 Å². The summed E-state index contributed by atoms with van der Waals surface area (Å²) < 4.78 is 2.39. The Kier molecular flexibility index (Phi) is 8.36. The van der Waals surface area contributed by atoms with Crippen LogP contribution < -0.4 is 4.90 Å². The third kappa shape index (κ3) is 5.51. The van der Waals surface area contributed by atoms with Crippen molar-refractivity contribution in [3.63, 3.8) is 0 Å². The lowest BCUT2D eigenvalue weighted by Crippen LogP contribution is -2.27. The second-order valence-electron chi connectivity index (χ2n) is 18.3. The molecule has 1 spiro atoms. The van der Waals surface area contributed by atoms with Crippen LogP contribution in [0.1, 0.15) is 35.1 Å². The molecule has 0 radical (unpaired) electrons. The van der Waals surface area contributed by atoms with Gasteiger partial charge in [0.1, 0.15) is 0 Å². The van der Waals surface area contributed by atoms with Crippen molar-refractivity contribution in [1.29, 1.82) is 0 Å². The maximum absolute atomic E-state index is 2.52. The SMILES string of the molecule is C1=CC2=C(CC1)c1ccccc1C21c2ccccc2-c2ccc(N(c3ccc(-c4ccccc4)cc3)c3ccc(-c4ccc5c(c4)c4ccccc4n5-c4ccccc4)c4ccccc34)cc21.